The lowest BCUT2D eigenvalue weighted by molar-refractivity contribution is -0.722. The molecular weight excluding hydrogens is 356 g/mol. The number of nitrogens with one attached hydrogen (secondary N) is 1. The standard InChI is InChI=1S/C11H7F5N3.BF4/c12-6-7(13)9(15)11(10(16)8(6)14)19-4-18-3-1-2-5(18)17-19;2-1(3,4)5/h4H,1-3H2;/q+1;-1/p+1/i4D;/hD. The Morgan fingerprint density at radius 2 is 1.46 bits per heavy atom. The number of halogens is 9. The summed E-state index contributed by atoms with van der Waals surface area (Å²) in [5.41, 5.74) is -1.33. The zero-order valence-corrected chi connectivity index (χ0v) is 11.4. The van der Waals surface area contributed by atoms with Gasteiger partial charge in [0.05, 0.1) is 0 Å². The number of hydrogen-bond acceptors (Lipinski definition) is 0. The Morgan fingerprint density at radius 1 is 1.00 bits per heavy atom. The van der Waals surface area contributed by atoms with Gasteiger partial charge in [-0.25, -0.2) is 22.0 Å². The van der Waals surface area contributed by atoms with Gasteiger partial charge in [0.15, 0.2) is 36.9 Å². The Labute approximate surface area is 131 Å². The van der Waals surface area contributed by atoms with Crippen molar-refractivity contribution in [3.8, 4) is 5.69 Å². The van der Waals surface area contributed by atoms with Crippen LogP contribution in [0.15, 0.2) is 6.30 Å². The molecule has 1 aromatic carbocycles. The molecule has 0 saturated carbocycles. The van der Waals surface area contributed by atoms with Gasteiger partial charge in [-0.3, -0.25) is 0 Å². The number of benzene rings is 1. The summed E-state index contributed by atoms with van der Waals surface area (Å²) in [6, 6.07) is 0. The number of H-pyrrole nitrogens is 1. The minimum Gasteiger partial charge on any atom is -0.418 e. The van der Waals surface area contributed by atoms with Crippen molar-refractivity contribution in [2.45, 2.75) is 19.4 Å². The smallest absolute Gasteiger partial charge is 0.418 e. The first-order valence-electron chi connectivity index (χ1n) is 7.25. The minimum atomic E-state index is -6.00. The molecule has 24 heavy (non-hydrogen) atoms. The molecule has 0 bridgehead atoms. The zero-order valence-electron chi connectivity index (χ0n) is 13.4. The summed E-state index contributed by atoms with van der Waals surface area (Å²) < 4.78 is 123. The Kier molecular flexibility index (Phi) is 4.06. The molecule has 1 aliphatic heterocycles. The van der Waals surface area contributed by atoms with Crippen molar-refractivity contribution in [2.75, 3.05) is 0 Å². The largest absolute Gasteiger partial charge is 0.673 e. The molecule has 0 amide bonds. The molecule has 0 saturated heterocycles. The molecule has 0 spiro atoms. The highest BCUT2D eigenvalue weighted by atomic mass is 19.5. The molecule has 0 fully saturated rings. The highest BCUT2D eigenvalue weighted by molar-refractivity contribution is 6.50. The molecule has 3 nitrogen and oxygen atoms in total. The molecule has 0 unspecified atom stereocenters. The summed E-state index contributed by atoms with van der Waals surface area (Å²) in [6.45, 7) is 0.343. The van der Waals surface area contributed by atoms with E-state index in [1.165, 1.54) is 4.57 Å². The van der Waals surface area contributed by atoms with Crippen LogP contribution in [0, 0.1) is 29.1 Å². The van der Waals surface area contributed by atoms with Crippen molar-refractivity contribution in [3.63, 3.8) is 0 Å². The lowest BCUT2D eigenvalue weighted by atomic mass is 10.2. The van der Waals surface area contributed by atoms with Crippen molar-refractivity contribution in [2.24, 2.45) is 0 Å². The fraction of sp³-hybridized carbons (Fsp3) is 0.273. The Hall–Kier alpha value is -2.21. The van der Waals surface area contributed by atoms with Gasteiger partial charge in [0.25, 0.3) is 0 Å². The van der Waals surface area contributed by atoms with E-state index in [0.717, 1.165) is 0 Å². The van der Waals surface area contributed by atoms with E-state index in [9.17, 15) is 39.2 Å². The Balaban J connectivity index is 0.000000431. The van der Waals surface area contributed by atoms with Crippen molar-refractivity contribution >= 4 is 7.25 Å². The van der Waals surface area contributed by atoms with Crippen LogP contribution in [0.5, 0.6) is 0 Å². The minimum absolute atomic E-state index is 0.254. The first-order valence-corrected chi connectivity index (χ1v) is 6.31. The highest BCUT2D eigenvalue weighted by Gasteiger charge is 2.35. The van der Waals surface area contributed by atoms with E-state index in [1.54, 1.807) is 0 Å². The predicted molar refractivity (Wildman–Crippen MR) is 60.8 cm³/mol. The van der Waals surface area contributed by atoms with Gasteiger partial charge in [-0.15, -0.1) is 4.57 Å². The number of nitrogens with zero attached hydrogens (tertiary/aromatic N) is 2. The maximum atomic E-state index is 13.8. The molecule has 0 radical (unpaired) electrons. The maximum absolute atomic E-state index is 13.8. The van der Waals surface area contributed by atoms with Crippen molar-refractivity contribution in [1.29, 1.82) is 0 Å². The van der Waals surface area contributed by atoms with Gasteiger partial charge in [0, 0.05) is 6.42 Å². The van der Waals surface area contributed by atoms with Crippen LogP contribution in [0.25, 0.3) is 5.69 Å². The van der Waals surface area contributed by atoms with E-state index in [2.05, 4.69) is 0 Å². The van der Waals surface area contributed by atoms with E-state index in [4.69, 9.17) is 2.78 Å². The van der Waals surface area contributed by atoms with Crippen molar-refractivity contribution in [3.05, 3.63) is 41.2 Å². The molecule has 2 heterocycles. The van der Waals surface area contributed by atoms with E-state index in [0.29, 0.717) is 29.2 Å². The number of rotatable bonds is 1. The zero-order chi connectivity index (χ0) is 20.0. The molecule has 13 heteroatoms. The molecule has 1 aliphatic rings. The third-order valence-electron chi connectivity index (χ3n) is 2.92. The number of fused-ring (bicyclic) bond motifs is 1. The fourth-order valence-electron chi connectivity index (χ4n) is 2.00. The van der Waals surface area contributed by atoms with Gasteiger partial charge in [0.2, 0.25) is 5.82 Å². The first-order chi connectivity index (χ1) is 11.9. The quantitative estimate of drug-likeness (QED) is 0.244. The topological polar surface area (TPSA) is 22.9 Å². The second kappa shape index (κ2) is 6.36. The van der Waals surface area contributed by atoms with Crippen LogP contribution in [-0.4, -0.2) is 11.9 Å². The van der Waals surface area contributed by atoms with Crippen LogP contribution < -0.4 is 9.66 Å². The van der Waals surface area contributed by atoms with E-state index in [-0.39, 0.29) is 5.82 Å². The monoisotopic (exact) mass is 366 g/mol. The maximum Gasteiger partial charge on any atom is 0.673 e. The van der Waals surface area contributed by atoms with Gasteiger partial charge in [0.1, 0.15) is 6.42 Å². The second-order valence-electron chi connectivity index (χ2n) is 4.60. The van der Waals surface area contributed by atoms with Crippen LogP contribution in [0.2, 0.25) is 1.41 Å². The summed E-state index contributed by atoms with van der Waals surface area (Å²) in [6.07, 6.45) is 0.483. The van der Waals surface area contributed by atoms with Crippen LogP contribution >= 0.6 is 0 Å². The van der Waals surface area contributed by atoms with Crippen LogP contribution in [-0.2, 0) is 13.0 Å². The number of aromatic amines is 1. The normalized spacial score (nSPS) is 14.7. The molecule has 3 rings (SSSR count). The summed E-state index contributed by atoms with van der Waals surface area (Å²) in [4.78, 5) is 0. The van der Waals surface area contributed by atoms with E-state index in [1.807, 2.05) is 0 Å². The molecule has 2 aromatic rings. The van der Waals surface area contributed by atoms with Gasteiger partial charge in [-0.05, 0) is 0 Å². The van der Waals surface area contributed by atoms with Crippen LogP contribution in [0.4, 0.5) is 39.2 Å². The number of aromatic nitrogens is 3. The van der Waals surface area contributed by atoms with E-state index >= 15 is 0 Å². The summed E-state index contributed by atoms with van der Waals surface area (Å²) in [5, 5.41) is 0.480. The van der Waals surface area contributed by atoms with Crippen LogP contribution in [0.1, 0.15) is 13.6 Å². The van der Waals surface area contributed by atoms with Crippen molar-refractivity contribution in [1.82, 2.24) is 4.68 Å². The lowest BCUT2D eigenvalue weighted by Crippen LogP contribution is -2.32. The van der Waals surface area contributed by atoms with Gasteiger partial charge in [-0.1, -0.05) is 9.77 Å². The van der Waals surface area contributed by atoms with Crippen LogP contribution in [0.3, 0.4) is 0 Å². The van der Waals surface area contributed by atoms with Crippen molar-refractivity contribution < 1.29 is 51.7 Å². The van der Waals surface area contributed by atoms with E-state index < -0.39 is 48.3 Å². The average molecular weight is 366 g/mol. The summed E-state index contributed by atoms with van der Waals surface area (Å²) >= 11 is 0. The number of hydrogen-bond donors (Lipinski definition) is 0. The molecular formula is C11H8BF9N3+. The molecule has 1 aromatic heterocycles. The summed E-state index contributed by atoms with van der Waals surface area (Å²) in [7, 11) is -6.00. The fourth-order valence-corrected chi connectivity index (χ4v) is 2.00. The van der Waals surface area contributed by atoms with Gasteiger partial charge >= 0.3 is 20.8 Å². The highest BCUT2D eigenvalue weighted by Crippen LogP contribution is 2.24. The first kappa shape index (κ1) is 15.3. The molecule has 1 N–H and O–H groups in total. The van der Waals surface area contributed by atoms with Gasteiger partial charge < -0.3 is 17.3 Å². The molecule has 0 aliphatic carbocycles. The average Bonchev–Trinajstić information content (AvgIpc) is 3.09. The second-order valence-corrected chi connectivity index (χ2v) is 4.60. The molecule has 0 atom stereocenters. The third kappa shape index (κ3) is 3.65. The van der Waals surface area contributed by atoms with Gasteiger partial charge in [-0.2, -0.15) is 0 Å². The Bertz CT molecular complexity index is 806. The lowest BCUT2D eigenvalue weighted by Gasteiger charge is -2.03. The Morgan fingerprint density at radius 3 is 1.92 bits per heavy atom. The summed E-state index contributed by atoms with van der Waals surface area (Å²) in [5.74, 6) is -10.4. The third-order valence-corrected chi connectivity index (χ3v) is 2.92. The molecule has 132 valence electrons. The predicted octanol–water partition coefficient (Wildman–Crippen LogP) is 2.52. The SMILES string of the molecule is F[B-](F)(F)F.[2H]c1n(-c2c(F)c(F)c(F)c(F)c2F)[n+]([2H])c2[n+]1CCC2.